The van der Waals surface area contributed by atoms with Gasteiger partial charge in [-0.25, -0.2) is 0 Å². The van der Waals surface area contributed by atoms with Crippen molar-refractivity contribution in [2.45, 2.75) is 19.4 Å². The fourth-order valence-corrected chi connectivity index (χ4v) is 4.35. The largest absolute Gasteiger partial charge is 0.385 e. The number of nitrogens with zero attached hydrogens (tertiary/aromatic N) is 3. The lowest BCUT2D eigenvalue weighted by molar-refractivity contribution is 0.188. The number of thiocarbonyl (C=S) groups is 1. The van der Waals surface area contributed by atoms with E-state index in [1.165, 1.54) is 0 Å². The van der Waals surface area contributed by atoms with Crippen molar-refractivity contribution >= 4 is 46.1 Å². The smallest absolute Gasteiger partial charge is 0.258 e. The van der Waals surface area contributed by atoms with E-state index in [4.69, 9.17) is 49.7 Å². The highest BCUT2D eigenvalue weighted by atomic mass is 35.5. The number of nitrogens with one attached hydrogen (secondary N) is 1. The molecule has 6 nitrogen and oxygen atoms in total. The number of hydrogen-bond acceptors (Lipinski definition) is 5. The van der Waals surface area contributed by atoms with Crippen molar-refractivity contribution in [1.82, 2.24) is 20.4 Å². The van der Waals surface area contributed by atoms with Crippen LogP contribution in [0.25, 0.3) is 17.0 Å². The average Bonchev–Trinajstić information content (AvgIpc) is 3.26. The molecule has 1 aromatic heterocycles. The molecule has 2 heterocycles. The summed E-state index contributed by atoms with van der Waals surface area (Å²) in [4.78, 5) is 6.73. The molecule has 0 aliphatic carbocycles. The van der Waals surface area contributed by atoms with E-state index in [1.54, 1.807) is 19.2 Å². The molecule has 0 bridgehead atoms. The molecular weight excluding hydrogens is 467 g/mol. The van der Waals surface area contributed by atoms with E-state index in [0.717, 1.165) is 28.8 Å². The summed E-state index contributed by atoms with van der Waals surface area (Å²) in [6.45, 7) is 3.36. The summed E-state index contributed by atoms with van der Waals surface area (Å²) in [7, 11) is 1.69. The van der Waals surface area contributed by atoms with Crippen LogP contribution in [0.1, 0.15) is 30.8 Å². The zero-order chi connectivity index (χ0) is 22.7. The Kier molecular flexibility index (Phi) is 7.10. The number of methoxy groups -OCH3 is 1. The molecule has 166 valence electrons. The van der Waals surface area contributed by atoms with Crippen molar-refractivity contribution < 1.29 is 9.26 Å². The van der Waals surface area contributed by atoms with Crippen LogP contribution in [0, 0.1) is 0 Å². The summed E-state index contributed by atoms with van der Waals surface area (Å²) in [6.07, 6.45) is 0.824. The van der Waals surface area contributed by atoms with E-state index in [2.05, 4.69) is 10.5 Å². The molecule has 0 amide bonds. The molecule has 3 aromatic rings. The van der Waals surface area contributed by atoms with Crippen LogP contribution in [0.3, 0.4) is 0 Å². The third-order valence-electron chi connectivity index (χ3n) is 5.27. The fourth-order valence-electron chi connectivity index (χ4n) is 3.68. The maximum atomic E-state index is 6.28. The lowest BCUT2D eigenvalue weighted by Crippen LogP contribution is -2.46. The van der Waals surface area contributed by atoms with Crippen molar-refractivity contribution in [1.29, 1.82) is 0 Å². The molecule has 1 aliphatic rings. The Morgan fingerprint density at radius 2 is 1.94 bits per heavy atom. The monoisotopic (exact) mass is 488 g/mol. The van der Waals surface area contributed by atoms with Crippen LogP contribution in [0.15, 0.2) is 58.8 Å². The number of rotatable bonds is 7. The predicted octanol–water partition coefficient (Wildman–Crippen LogP) is 5.74. The van der Waals surface area contributed by atoms with E-state index >= 15 is 0 Å². The summed E-state index contributed by atoms with van der Waals surface area (Å²) < 4.78 is 10.9. The van der Waals surface area contributed by atoms with Gasteiger partial charge in [-0.1, -0.05) is 40.5 Å². The van der Waals surface area contributed by atoms with Gasteiger partial charge in [0, 0.05) is 41.6 Å². The molecular formula is C23H22Cl2N4O2S. The first kappa shape index (κ1) is 22.7. The summed E-state index contributed by atoms with van der Waals surface area (Å²) >= 11 is 18.0. The third kappa shape index (κ3) is 4.81. The quantitative estimate of drug-likeness (QED) is 0.335. The van der Waals surface area contributed by atoms with E-state index in [9.17, 15) is 0 Å². The second-order valence-electron chi connectivity index (χ2n) is 7.36. The molecule has 32 heavy (non-hydrogen) atoms. The summed E-state index contributed by atoms with van der Waals surface area (Å²) in [5.41, 5.74) is 3.57. The van der Waals surface area contributed by atoms with E-state index < -0.39 is 0 Å². The van der Waals surface area contributed by atoms with Crippen molar-refractivity contribution in [3.05, 3.63) is 75.7 Å². The van der Waals surface area contributed by atoms with E-state index in [-0.39, 0.29) is 6.04 Å². The van der Waals surface area contributed by atoms with Gasteiger partial charge in [0.2, 0.25) is 5.82 Å². The molecule has 1 unspecified atom stereocenters. The number of halogens is 2. The van der Waals surface area contributed by atoms with Crippen molar-refractivity contribution in [3.63, 3.8) is 0 Å². The maximum Gasteiger partial charge on any atom is 0.258 e. The Bertz CT molecular complexity index is 1150. The predicted molar refractivity (Wildman–Crippen MR) is 130 cm³/mol. The van der Waals surface area contributed by atoms with Crippen molar-refractivity contribution in [2.24, 2.45) is 0 Å². The first-order valence-electron chi connectivity index (χ1n) is 10.1. The van der Waals surface area contributed by atoms with Crippen LogP contribution in [-0.4, -0.2) is 40.4 Å². The molecule has 0 spiro atoms. The topological polar surface area (TPSA) is 63.4 Å². The minimum atomic E-state index is -0.279. The third-order valence-corrected chi connectivity index (χ3v) is 6.09. The van der Waals surface area contributed by atoms with Gasteiger partial charge < -0.3 is 19.5 Å². The number of hydrogen-bond donors (Lipinski definition) is 1. The SMILES string of the molecule is COCCCN1C(=S)NC(c2cccc(Cl)c2)C(c2nc(-c3ccc(Cl)cc3)no2)=C1C. The van der Waals surface area contributed by atoms with Gasteiger partial charge in [-0.2, -0.15) is 4.98 Å². The van der Waals surface area contributed by atoms with E-state index in [0.29, 0.717) is 40.0 Å². The molecule has 1 atom stereocenters. The molecule has 4 rings (SSSR count). The van der Waals surface area contributed by atoms with Crippen molar-refractivity contribution in [2.75, 3.05) is 20.3 Å². The number of aromatic nitrogens is 2. The van der Waals surface area contributed by atoms with Crippen LogP contribution in [-0.2, 0) is 4.74 Å². The minimum absolute atomic E-state index is 0.279. The summed E-state index contributed by atoms with van der Waals surface area (Å²) in [5.74, 6) is 0.907. The van der Waals surface area contributed by atoms with Crippen LogP contribution < -0.4 is 5.32 Å². The molecule has 9 heteroatoms. The number of benzene rings is 2. The fraction of sp³-hybridized carbons (Fsp3) is 0.261. The Labute approximate surface area is 202 Å². The van der Waals surface area contributed by atoms with Crippen LogP contribution >= 0.6 is 35.4 Å². The van der Waals surface area contributed by atoms with E-state index in [1.807, 2.05) is 48.2 Å². The Morgan fingerprint density at radius 3 is 2.66 bits per heavy atom. The van der Waals surface area contributed by atoms with Crippen LogP contribution in [0.5, 0.6) is 0 Å². The Morgan fingerprint density at radius 1 is 1.16 bits per heavy atom. The van der Waals surface area contributed by atoms with Gasteiger partial charge in [0.1, 0.15) is 0 Å². The first-order chi connectivity index (χ1) is 15.5. The highest BCUT2D eigenvalue weighted by Gasteiger charge is 2.34. The first-order valence-corrected chi connectivity index (χ1v) is 11.3. The molecule has 0 fully saturated rings. The molecule has 0 saturated carbocycles. The van der Waals surface area contributed by atoms with Gasteiger partial charge in [-0.05, 0) is 67.5 Å². The molecule has 0 saturated heterocycles. The summed E-state index contributed by atoms with van der Waals surface area (Å²) in [6, 6.07) is 14.7. The zero-order valence-corrected chi connectivity index (χ0v) is 20.0. The zero-order valence-electron chi connectivity index (χ0n) is 17.6. The standard InChI is InChI=1S/C23H22Cl2N4O2S/c1-14-19(22-27-21(28-31-22)15-7-9-17(24)10-8-15)20(16-5-3-6-18(25)13-16)26-23(32)29(14)11-4-12-30-2/h3,5-10,13,20H,4,11-12H2,1-2H3,(H,26,32). The van der Waals surface area contributed by atoms with Gasteiger partial charge in [0.05, 0.1) is 11.6 Å². The lowest BCUT2D eigenvalue weighted by Gasteiger charge is -2.37. The average molecular weight is 489 g/mol. The second kappa shape index (κ2) is 10.0. The minimum Gasteiger partial charge on any atom is -0.385 e. The molecule has 0 radical (unpaired) electrons. The molecule has 1 N–H and O–H groups in total. The number of ether oxygens (including phenoxy) is 1. The maximum absolute atomic E-state index is 6.28. The van der Waals surface area contributed by atoms with Crippen molar-refractivity contribution in [3.8, 4) is 11.4 Å². The molecule has 2 aromatic carbocycles. The second-order valence-corrected chi connectivity index (χ2v) is 8.62. The Hall–Kier alpha value is -2.45. The Balaban J connectivity index is 1.77. The van der Waals surface area contributed by atoms with Gasteiger partial charge in [-0.3, -0.25) is 0 Å². The van der Waals surface area contributed by atoms with Gasteiger partial charge in [0.25, 0.3) is 5.89 Å². The highest BCUT2D eigenvalue weighted by molar-refractivity contribution is 7.80. The number of allylic oxidation sites excluding steroid dienone is 1. The van der Waals surface area contributed by atoms with Gasteiger partial charge >= 0.3 is 0 Å². The lowest BCUT2D eigenvalue weighted by atomic mass is 9.94. The van der Waals surface area contributed by atoms with Gasteiger partial charge in [-0.15, -0.1) is 0 Å². The normalized spacial score (nSPS) is 16.4. The summed E-state index contributed by atoms with van der Waals surface area (Å²) in [5, 5.41) is 9.55. The van der Waals surface area contributed by atoms with Gasteiger partial charge in [0.15, 0.2) is 5.11 Å². The van der Waals surface area contributed by atoms with Crippen LogP contribution in [0.2, 0.25) is 10.0 Å². The van der Waals surface area contributed by atoms with Crippen LogP contribution in [0.4, 0.5) is 0 Å². The highest BCUT2D eigenvalue weighted by Crippen LogP contribution is 2.38. The molecule has 1 aliphatic heterocycles.